The maximum Gasteiger partial charge on any atom is 0.311 e. The average Bonchev–Trinajstić information content (AvgIpc) is 3.03. The van der Waals surface area contributed by atoms with Gasteiger partial charge in [-0.3, -0.25) is 19.2 Å². The molecule has 0 atom stereocenters. The quantitative estimate of drug-likeness (QED) is 0.0367. The van der Waals surface area contributed by atoms with E-state index in [1.807, 2.05) is 0 Å². The molecule has 0 aliphatic rings. The van der Waals surface area contributed by atoms with Gasteiger partial charge in [0.05, 0.1) is 0 Å². The predicted molar refractivity (Wildman–Crippen MR) is 177 cm³/mol. The second kappa shape index (κ2) is 23.1. The van der Waals surface area contributed by atoms with Crippen LogP contribution in [0.25, 0.3) is 0 Å². The molecule has 0 heterocycles. The topological polar surface area (TPSA) is 86.7 Å². The molecule has 0 unspecified atom stereocenters. The summed E-state index contributed by atoms with van der Waals surface area (Å²) in [5, 5.41) is 0. The lowest BCUT2D eigenvalue weighted by Gasteiger charge is -2.07. The van der Waals surface area contributed by atoms with Gasteiger partial charge in [-0.15, -0.1) is 0 Å². The molecular weight excluding hydrogens is 552 g/mol. The fourth-order valence-electron chi connectivity index (χ4n) is 5.14. The number of carbonyl (C=O) groups excluding carboxylic acids is 4. The zero-order valence-corrected chi connectivity index (χ0v) is 27.2. The first-order valence-electron chi connectivity index (χ1n) is 17.1. The van der Waals surface area contributed by atoms with Gasteiger partial charge in [0, 0.05) is 24.0 Å². The monoisotopic (exact) mass is 606 g/mol. The number of Topliss-reactive ketones (excluding diaryl/α,β-unsaturated/α-hetero) is 2. The summed E-state index contributed by atoms with van der Waals surface area (Å²) in [6.45, 7) is 4.44. The van der Waals surface area contributed by atoms with Crippen LogP contribution >= 0.6 is 0 Å². The third-order valence-corrected chi connectivity index (χ3v) is 7.87. The standard InChI is InChI=1S/C38H54O6/c1-3-5-7-9-11-13-15-17-19-21-35(39)43-33-27-23-31(24-28-33)37(41)38(42)32-25-29-34(30-26-32)44-36(40)22-20-18-16-14-12-10-8-6-4-2/h23-30H,3-22H2,1-2H3. The molecule has 2 rings (SSSR count). The molecule has 0 aromatic heterocycles. The Morgan fingerprint density at radius 2 is 0.682 bits per heavy atom. The minimum atomic E-state index is -0.660. The Kier molecular flexibility index (Phi) is 19.4. The molecule has 6 heteroatoms. The summed E-state index contributed by atoms with van der Waals surface area (Å²) in [6, 6.07) is 12.1. The molecule has 0 bridgehead atoms. The van der Waals surface area contributed by atoms with Crippen molar-refractivity contribution in [1.82, 2.24) is 0 Å². The van der Waals surface area contributed by atoms with E-state index in [0.29, 0.717) is 24.3 Å². The molecule has 0 N–H and O–H groups in total. The van der Waals surface area contributed by atoms with Crippen LogP contribution in [0, 0.1) is 0 Å². The number of hydrogen-bond acceptors (Lipinski definition) is 6. The minimum Gasteiger partial charge on any atom is -0.427 e. The number of hydrogen-bond donors (Lipinski definition) is 0. The van der Waals surface area contributed by atoms with Crippen LogP contribution in [0.2, 0.25) is 0 Å². The van der Waals surface area contributed by atoms with Crippen LogP contribution in [0.5, 0.6) is 11.5 Å². The van der Waals surface area contributed by atoms with Crippen molar-refractivity contribution in [3.05, 3.63) is 59.7 Å². The van der Waals surface area contributed by atoms with Gasteiger partial charge in [0.1, 0.15) is 11.5 Å². The fourth-order valence-corrected chi connectivity index (χ4v) is 5.14. The molecule has 0 aliphatic carbocycles. The number of ketones is 2. The summed E-state index contributed by atoms with van der Waals surface area (Å²) in [6.07, 6.45) is 21.9. The van der Waals surface area contributed by atoms with Crippen LogP contribution in [-0.2, 0) is 9.59 Å². The number of ether oxygens (including phenoxy) is 2. The van der Waals surface area contributed by atoms with Crippen LogP contribution in [0.3, 0.4) is 0 Å². The predicted octanol–water partition coefficient (Wildman–Crippen LogP) is 10.4. The van der Waals surface area contributed by atoms with Gasteiger partial charge in [-0.1, -0.05) is 117 Å². The number of carbonyl (C=O) groups is 4. The first-order chi connectivity index (χ1) is 21.4. The van der Waals surface area contributed by atoms with Crippen molar-refractivity contribution in [3.8, 4) is 11.5 Å². The van der Waals surface area contributed by atoms with Crippen molar-refractivity contribution < 1.29 is 28.7 Å². The van der Waals surface area contributed by atoms with Crippen LogP contribution in [0.15, 0.2) is 48.5 Å². The van der Waals surface area contributed by atoms with Gasteiger partial charge in [-0.2, -0.15) is 0 Å². The molecular formula is C38H54O6. The number of benzene rings is 2. The Labute approximate surface area is 265 Å². The lowest BCUT2D eigenvalue weighted by atomic mass is 10.0. The van der Waals surface area contributed by atoms with Gasteiger partial charge in [-0.25, -0.2) is 0 Å². The zero-order chi connectivity index (χ0) is 31.8. The summed E-state index contributed by atoms with van der Waals surface area (Å²) < 4.78 is 10.8. The van der Waals surface area contributed by atoms with Gasteiger partial charge in [0.15, 0.2) is 0 Å². The molecule has 0 amide bonds. The third kappa shape index (κ3) is 16.0. The maximum atomic E-state index is 12.8. The zero-order valence-electron chi connectivity index (χ0n) is 27.2. The molecule has 242 valence electrons. The number of unbranched alkanes of at least 4 members (excludes halogenated alkanes) is 16. The molecule has 0 fully saturated rings. The van der Waals surface area contributed by atoms with Gasteiger partial charge in [-0.05, 0) is 61.4 Å². The van der Waals surface area contributed by atoms with E-state index in [4.69, 9.17) is 9.47 Å². The molecule has 44 heavy (non-hydrogen) atoms. The highest BCUT2D eigenvalue weighted by atomic mass is 16.5. The molecule has 0 aliphatic heterocycles. The van der Waals surface area contributed by atoms with E-state index in [2.05, 4.69) is 13.8 Å². The second-order valence-electron chi connectivity index (χ2n) is 11.8. The van der Waals surface area contributed by atoms with Crippen molar-refractivity contribution in [1.29, 1.82) is 0 Å². The number of rotatable bonds is 25. The van der Waals surface area contributed by atoms with E-state index >= 15 is 0 Å². The molecule has 2 aromatic rings. The van der Waals surface area contributed by atoms with E-state index < -0.39 is 11.6 Å². The smallest absolute Gasteiger partial charge is 0.311 e. The molecule has 2 aromatic carbocycles. The van der Waals surface area contributed by atoms with Crippen molar-refractivity contribution >= 4 is 23.5 Å². The molecule has 0 saturated heterocycles. The minimum absolute atomic E-state index is 0.213. The van der Waals surface area contributed by atoms with Crippen LogP contribution in [-0.4, -0.2) is 23.5 Å². The van der Waals surface area contributed by atoms with Crippen molar-refractivity contribution in [2.45, 2.75) is 142 Å². The average molecular weight is 607 g/mol. The van der Waals surface area contributed by atoms with Crippen molar-refractivity contribution in [3.63, 3.8) is 0 Å². The lowest BCUT2D eigenvalue weighted by Crippen LogP contribution is -2.15. The largest absolute Gasteiger partial charge is 0.427 e. The van der Waals surface area contributed by atoms with Gasteiger partial charge in [0.2, 0.25) is 11.6 Å². The highest BCUT2D eigenvalue weighted by molar-refractivity contribution is 6.49. The summed E-state index contributed by atoms with van der Waals surface area (Å²) >= 11 is 0. The normalized spacial score (nSPS) is 10.9. The first-order valence-corrected chi connectivity index (χ1v) is 17.1. The maximum absolute atomic E-state index is 12.8. The third-order valence-electron chi connectivity index (χ3n) is 7.87. The van der Waals surface area contributed by atoms with E-state index in [9.17, 15) is 19.2 Å². The van der Waals surface area contributed by atoms with E-state index in [1.165, 1.54) is 126 Å². The summed E-state index contributed by atoms with van der Waals surface area (Å²) in [7, 11) is 0. The molecule has 0 radical (unpaired) electrons. The van der Waals surface area contributed by atoms with Crippen LogP contribution < -0.4 is 9.47 Å². The van der Waals surface area contributed by atoms with E-state index in [1.54, 1.807) is 0 Å². The Bertz CT molecular complexity index is 1010. The Morgan fingerprint density at radius 1 is 0.409 bits per heavy atom. The van der Waals surface area contributed by atoms with Gasteiger partial charge in [0.25, 0.3) is 0 Å². The Hall–Kier alpha value is -3.28. The second-order valence-corrected chi connectivity index (χ2v) is 11.8. The SMILES string of the molecule is CCCCCCCCCCCC(=O)Oc1ccc(C(=O)C(=O)c2ccc(OC(=O)CCCCCCCCCCC)cc2)cc1. The van der Waals surface area contributed by atoms with Crippen LogP contribution in [0.1, 0.15) is 163 Å². The van der Waals surface area contributed by atoms with E-state index in [-0.39, 0.29) is 23.1 Å². The number of esters is 2. The van der Waals surface area contributed by atoms with Crippen molar-refractivity contribution in [2.24, 2.45) is 0 Å². The Morgan fingerprint density at radius 3 is 0.977 bits per heavy atom. The fraction of sp³-hybridized carbons (Fsp3) is 0.579. The molecule has 6 nitrogen and oxygen atoms in total. The van der Waals surface area contributed by atoms with Gasteiger partial charge >= 0.3 is 11.9 Å². The lowest BCUT2D eigenvalue weighted by molar-refractivity contribution is -0.135. The highest BCUT2D eigenvalue weighted by Crippen LogP contribution is 2.19. The van der Waals surface area contributed by atoms with E-state index in [0.717, 1.165) is 38.5 Å². The summed E-state index contributed by atoms with van der Waals surface area (Å²) in [5.41, 5.74) is 0.426. The summed E-state index contributed by atoms with van der Waals surface area (Å²) in [4.78, 5) is 49.9. The van der Waals surface area contributed by atoms with Crippen LogP contribution in [0.4, 0.5) is 0 Å². The summed E-state index contributed by atoms with van der Waals surface area (Å²) in [5.74, 6) is -1.21. The van der Waals surface area contributed by atoms with Crippen molar-refractivity contribution in [2.75, 3.05) is 0 Å². The Balaban J connectivity index is 1.66. The first kappa shape index (κ1) is 36.9. The van der Waals surface area contributed by atoms with Gasteiger partial charge < -0.3 is 9.47 Å². The molecule has 0 saturated carbocycles. The molecule has 0 spiro atoms. The highest BCUT2D eigenvalue weighted by Gasteiger charge is 2.19.